The lowest BCUT2D eigenvalue weighted by molar-refractivity contribution is 0.553. The van der Waals surface area contributed by atoms with Crippen molar-refractivity contribution in [3.05, 3.63) is 24.2 Å². The van der Waals surface area contributed by atoms with Crippen molar-refractivity contribution in [1.29, 1.82) is 0 Å². The molecule has 1 heteroatoms. The maximum atomic E-state index is 4.85. The average molecular weight is 151 g/mol. The van der Waals surface area contributed by atoms with Crippen molar-refractivity contribution in [2.45, 2.75) is 39.0 Å². The van der Waals surface area contributed by atoms with Crippen LogP contribution in [0.3, 0.4) is 0 Å². The lowest BCUT2D eigenvalue weighted by Gasteiger charge is -1.95. The number of hydrogen-bond acceptors (Lipinski definition) is 1. The first-order chi connectivity index (χ1) is 5.43. The Balaban J connectivity index is 2.04. The van der Waals surface area contributed by atoms with E-state index in [0.29, 0.717) is 0 Å². The third kappa shape index (κ3) is 3.26. The fraction of sp³-hybridized carbons (Fsp3) is 0.600. The van der Waals surface area contributed by atoms with Crippen LogP contribution in [0.25, 0.3) is 0 Å². The Morgan fingerprint density at radius 2 is 2.27 bits per heavy atom. The molecule has 0 N–H and O–H groups in total. The molecule has 1 heterocycles. The summed E-state index contributed by atoms with van der Waals surface area (Å²) < 4.78 is 4.85. The van der Waals surface area contributed by atoms with Crippen LogP contribution in [-0.2, 0) is 6.42 Å². The van der Waals surface area contributed by atoms with E-state index in [1.807, 2.05) is 6.07 Å². The molecular formula is C10H15O. The van der Waals surface area contributed by atoms with Crippen molar-refractivity contribution in [1.82, 2.24) is 0 Å². The summed E-state index contributed by atoms with van der Waals surface area (Å²) in [6, 6.07) is 1.92. The summed E-state index contributed by atoms with van der Waals surface area (Å²) in [5, 5.41) is 0. The molecule has 0 spiro atoms. The molecular weight excluding hydrogens is 136 g/mol. The van der Waals surface area contributed by atoms with Crippen LogP contribution in [0.4, 0.5) is 0 Å². The van der Waals surface area contributed by atoms with Gasteiger partial charge in [0.1, 0.15) is 0 Å². The van der Waals surface area contributed by atoms with Crippen molar-refractivity contribution in [3.8, 4) is 0 Å². The molecule has 11 heavy (non-hydrogen) atoms. The van der Waals surface area contributed by atoms with Gasteiger partial charge in [-0.3, -0.25) is 0 Å². The Hall–Kier alpha value is -0.720. The third-order valence-electron chi connectivity index (χ3n) is 1.84. The maximum absolute atomic E-state index is 4.85. The zero-order valence-corrected chi connectivity index (χ0v) is 7.10. The lowest BCUT2D eigenvalue weighted by atomic mass is 10.1. The molecule has 1 rings (SSSR count). The van der Waals surface area contributed by atoms with Crippen molar-refractivity contribution < 1.29 is 4.42 Å². The summed E-state index contributed by atoms with van der Waals surface area (Å²) >= 11 is 0. The first-order valence-electron chi connectivity index (χ1n) is 4.37. The number of unbranched alkanes of at least 4 members (excludes halogenated alkanes) is 3. The van der Waals surface area contributed by atoms with Gasteiger partial charge in [0.05, 0.1) is 6.26 Å². The van der Waals surface area contributed by atoms with E-state index in [1.54, 1.807) is 6.26 Å². The second-order valence-corrected chi connectivity index (χ2v) is 2.88. The molecule has 0 aliphatic heterocycles. The number of hydrogen-bond donors (Lipinski definition) is 0. The van der Waals surface area contributed by atoms with Gasteiger partial charge in [0.2, 0.25) is 0 Å². The SMILES string of the molecule is CCCCCCc1c[c]oc1. The maximum Gasteiger partial charge on any atom is 0.169 e. The Morgan fingerprint density at radius 1 is 1.36 bits per heavy atom. The van der Waals surface area contributed by atoms with Gasteiger partial charge in [0.15, 0.2) is 6.26 Å². The molecule has 0 aromatic carbocycles. The van der Waals surface area contributed by atoms with E-state index in [4.69, 9.17) is 4.42 Å². The van der Waals surface area contributed by atoms with Crippen molar-refractivity contribution in [3.63, 3.8) is 0 Å². The number of aryl methyl sites for hydroxylation is 1. The highest BCUT2D eigenvalue weighted by Crippen LogP contribution is 2.07. The summed E-state index contributed by atoms with van der Waals surface area (Å²) in [6.07, 6.45) is 10.9. The summed E-state index contributed by atoms with van der Waals surface area (Å²) in [6.45, 7) is 2.23. The van der Waals surface area contributed by atoms with Gasteiger partial charge in [-0.1, -0.05) is 26.2 Å². The smallest absolute Gasteiger partial charge is 0.169 e. The van der Waals surface area contributed by atoms with E-state index in [1.165, 1.54) is 31.2 Å². The first-order valence-corrected chi connectivity index (χ1v) is 4.37. The van der Waals surface area contributed by atoms with Crippen molar-refractivity contribution in [2.24, 2.45) is 0 Å². The fourth-order valence-corrected chi connectivity index (χ4v) is 1.14. The predicted octanol–water partition coefficient (Wildman–Crippen LogP) is 3.20. The van der Waals surface area contributed by atoms with E-state index < -0.39 is 0 Å². The Morgan fingerprint density at radius 3 is 2.91 bits per heavy atom. The molecule has 0 atom stereocenters. The minimum Gasteiger partial charge on any atom is -0.461 e. The summed E-state index contributed by atoms with van der Waals surface area (Å²) in [5.74, 6) is 0. The molecule has 0 fully saturated rings. The zero-order valence-electron chi connectivity index (χ0n) is 7.10. The first kappa shape index (κ1) is 8.38. The molecule has 1 nitrogen and oxygen atoms in total. The van der Waals surface area contributed by atoms with Crippen LogP contribution in [-0.4, -0.2) is 0 Å². The highest BCUT2D eigenvalue weighted by atomic mass is 16.3. The average Bonchev–Trinajstić information content (AvgIpc) is 2.50. The second kappa shape index (κ2) is 5.00. The normalized spacial score (nSPS) is 10.3. The van der Waals surface area contributed by atoms with Crippen molar-refractivity contribution in [2.75, 3.05) is 0 Å². The molecule has 0 saturated heterocycles. The molecule has 1 aromatic heterocycles. The van der Waals surface area contributed by atoms with Crippen LogP contribution in [0.1, 0.15) is 38.2 Å². The largest absolute Gasteiger partial charge is 0.461 e. The highest BCUT2D eigenvalue weighted by Gasteiger charge is 1.93. The molecule has 0 amide bonds. The Bertz CT molecular complexity index is 165. The van der Waals surface area contributed by atoms with Crippen LogP contribution in [0.2, 0.25) is 0 Å². The molecule has 0 aliphatic carbocycles. The van der Waals surface area contributed by atoms with Gasteiger partial charge in [-0.25, -0.2) is 0 Å². The third-order valence-corrected chi connectivity index (χ3v) is 1.84. The summed E-state index contributed by atoms with van der Waals surface area (Å²) in [7, 11) is 0. The van der Waals surface area contributed by atoms with Gasteiger partial charge in [-0.2, -0.15) is 0 Å². The van der Waals surface area contributed by atoms with E-state index in [0.717, 1.165) is 6.42 Å². The zero-order chi connectivity index (χ0) is 7.94. The van der Waals surface area contributed by atoms with Crippen LogP contribution in [0.5, 0.6) is 0 Å². The molecule has 1 radical (unpaired) electrons. The second-order valence-electron chi connectivity index (χ2n) is 2.88. The molecule has 0 saturated carbocycles. The predicted molar refractivity (Wildman–Crippen MR) is 45.4 cm³/mol. The minimum absolute atomic E-state index is 1.15. The van der Waals surface area contributed by atoms with Gasteiger partial charge in [0.25, 0.3) is 0 Å². The topological polar surface area (TPSA) is 13.1 Å². The van der Waals surface area contributed by atoms with Gasteiger partial charge >= 0.3 is 0 Å². The van der Waals surface area contributed by atoms with E-state index in [-0.39, 0.29) is 0 Å². The quantitative estimate of drug-likeness (QED) is 0.589. The Labute approximate surface area is 68.4 Å². The van der Waals surface area contributed by atoms with E-state index in [9.17, 15) is 0 Å². The van der Waals surface area contributed by atoms with Crippen LogP contribution < -0.4 is 0 Å². The fourth-order valence-electron chi connectivity index (χ4n) is 1.14. The van der Waals surface area contributed by atoms with Crippen molar-refractivity contribution >= 4 is 0 Å². The molecule has 0 unspecified atom stereocenters. The van der Waals surface area contributed by atoms with Crippen LogP contribution >= 0.6 is 0 Å². The number of furan rings is 1. The Kier molecular flexibility index (Phi) is 3.81. The summed E-state index contributed by atoms with van der Waals surface area (Å²) in [5.41, 5.74) is 1.28. The van der Waals surface area contributed by atoms with Crippen LogP contribution in [0.15, 0.2) is 16.7 Å². The van der Waals surface area contributed by atoms with Gasteiger partial charge in [-0.15, -0.1) is 0 Å². The monoisotopic (exact) mass is 151 g/mol. The lowest BCUT2D eigenvalue weighted by Crippen LogP contribution is -1.81. The standard InChI is InChI=1S/C10H15O/c1-2-3-4-5-6-10-7-8-11-9-10/h7,9H,2-6H2,1H3. The molecule has 1 aromatic rings. The summed E-state index contributed by atoms with van der Waals surface area (Å²) in [4.78, 5) is 0. The van der Waals surface area contributed by atoms with Gasteiger partial charge in [0, 0.05) is 0 Å². The van der Waals surface area contributed by atoms with E-state index >= 15 is 0 Å². The molecule has 0 bridgehead atoms. The van der Waals surface area contributed by atoms with Crippen LogP contribution in [0, 0.1) is 6.26 Å². The highest BCUT2D eigenvalue weighted by molar-refractivity contribution is 5.03. The minimum atomic E-state index is 1.15. The van der Waals surface area contributed by atoms with Gasteiger partial charge < -0.3 is 4.42 Å². The van der Waals surface area contributed by atoms with Gasteiger partial charge in [-0.05, 0) is 24.5 Å². The molecule has 0 aliphatic rings. The molecule has 61 valence electrons. The van der Waals surface area contributed by atoms with E-state index in [2.05, 4.69) is 13.2 Å². The number of rotatable bonds is 5.